The van der Waals surface area contributed by atoms with E-state index < -0.39 is 0 Å². The van der Waals surface area contributed by atoms with Crippen LogP contribution in [-0.2, 0) is 16.0 Å². The summed E-state index contributed by atoms with van der Waals surface area (Å²) in [5.41, 5.74) is 3.65. The first-order valence-corrected chi connectivity index (χ1v) is 9.66. The highest BCUT2D eigenvalue weighted by Crippen LogP contribution is 2.23. The summed E-state index contributed by atoms with van der Waals surface area (Å²) in [6.45, 7) is 1.46. The van der Waals surface area contributed by atoms with Crippen LogP contribution >= 0.6 is 0 Å². The molecule has 0 saturated heterocycles. The number of aromatic nitrogens is 3. The maximum absolute atomic E-state index is 12.6. The van der Waals surface area contributed by atoms with Crippen molar-refractivity contribution in [2.75, 3.05) is 17.7 Å². The van der Waals surface area contributed by atoms with E-state index in [4.69, 9.17) is 4.74 Å². The normalized spacial score (nSPS) is 10.6. The van der Waals surface area contributed by atoms with E-state index in [0.29, 0.717) is 28.6 Å². The lowest BCUT2D eigenvalue weighted by Crippen LogP contribution is -2.15. The van der Waals surface area contributed by atoms with E-state index in [1.165, 1.54) is 6.92 Å². The van der Waals surface area contributed by atoms with Gasteiger partial charge in [0.25, 0.3) is 0 Å². The molecule has 4 aromatic rings. The number of hydrogen-bond acceptors (Lipinski definition) is 5. The van der Waals surface area contributed by atoms with Gasteiger partial charge in [-0.2, -0.15) is 0 Å². The number of carbonyl (C=O) groups excluding carboxylic acids is 2. The molecule has 8 nitrogen and oxygen atoms in total. The molecule has 31 heavy (non-hydrogen) atoms. The van der Waals surface area contributed by atoms with Crippen LogP contribution in [-0.4, -0.2) is 33.3 Å². The molecule has 2 aromatic carbocycles. The molecule has 156 valence electrons. The SMILES string of the molecule is COc1cccc(CC(=O)Nc2cnc3cnc(-c4cccc(NC(C)=O)c4)cn23)c1. The second-order valence-corrected chi connectivity index (χ2v) is 6.98. The molecule has 0 radical (unpaired) electrons. The van der Waals surface area contributed by atoms with E-state index in [1.54, 1.807) is 30.1 Å². The molecule has 4 rings (SSSR count). The van der Waals surface area contributed by atoms with E-state index in [1.807, 2.05) is 48.5 Å². The van der Waals surface area contributed by atoms with E-state index in [-0.39, 0.29) is 18.2 Å². The molecule has 2 N–H and O–H groups in total. The van der Waals surface area contributed by atoms with Crippen LogP contribution in [0.25, 0.3) is 16.9 Å². The summed E-state index contributed by atoms with van der Waals surface area (Å²) in [6, 6.07) is 14.8. The number of ether oxygens (including phenoxy) is 1. The molecule has 0 spiro atoms. The van der Waals surface area contributed by atoms with E-state index in [0.717, 1.165) is 11.1 Å². The maximum atomic E-state index is 12.6. The smallest absolute Gasteiger partial charge is 0.229 e. The Balaban J connectivity index is 1.57. The summed E-state index contributed by atoms with van der Waals surface area (Å²) < 4.78 is 6.98. The standard InChI is InChI=1S/C23H21N5O3/c1-15(29)26-18-7-4-6-17(11-18)20-14-28-21(12-24-20)25-13-22(28)27-23(30)10-16-5-3-8-19(9-16)31-2/h3-9,11-14H,10H2,1-2H3,(H,26,29)(H,27,30). The zero-order valence-corrected chi connectivity index (χ0v) is 17.1. The highest BCUT2D eigenvalue weighted by molar-refractivity contribution is 5.92. The minimum absolute atomic E-state index is 0.142. The lowest BCUT2D eigenvalue weighted by molar-refractivity contribution is -0.116. The Bertz CT molecular complexity index is 1270. The van der Waals surface area contributed by atoms with Crippen LogP contribution in [0.3, 0.4) is 0 Å². The Morgan fingerprint density at radius 1 is 1.03 bits per heavy atom. The lowest BCUT2D eigenvalue weighted by Gasteiger charge is -2.08. The van der Waals surface area contributed by atoms with Gasteiger partial charge in [0, 0.05) is 24.4 Å². The average molecular weight is 415 g/mol. The molecule has 2 amide bonds. The number of methoxy groups -OCH3 is 1. The van der Waals surface area contributed by atoms with Gasteiger partial charge < -0.3 is 15.4 Å². The van der Waals surface area contributed by atoms with Gasteiger partial charge in [0.2, 0.25) is 11.8 Å². The van der Waals surface area contributed by atoms with Crippen molar-refractivity contribution in [2.45, 2.75) is 13.3 Å². The first-order valence-electron chi connectivity index (χ1n) is 9.66. The van der Waals surface area contributed by atoms with Gasteiger partial charge in [0.15, 0.2) is 5.65 Å². The first-order chi connectivity index (χ1) is 15.0. The number of nitrogens with one attached hydrogen (secondary N) is 2. The van der Waals surface area contributed by atoms with Gasteiger partial charge >= 0.3 is 0 Å². The highest BCUT2D eigenvalue weighted by Gasteiger charge is 2.11. The van der Waals surface area contributed by atoms with Crippen molar-refractivity contribution < 1.29 is 14.3 Å². The largest absolute Gasteiger partial charge is 0.497 e. The Labute approximate surface area is 178 Å². The Kier molecular flexibility index (Phi) is 5.61. The summed E-state index contributed by atoms with van der Waals surface area (Å²) >= 11 is 0. The quantitative estimate of drug-likeness (QED) is 0.502. The zero-order chi connectivity index (χ0) is 21.8. The number of rotatable bonds is 6. The fourth-order valence-corrected chi connectivity index (χ4v) is 3.25. The number of fused-ring (bicyclic) bond motifs is 1. The summed E-state index contributed by atoms with van der Waals surface area (Å²) in [7, 11) is 1.59. The van der Waals surface area contributed by atoms with Crippen LogP contribution in [0.5, 0.6) is 5.75 Å². The van der Waals surface area contributed by atoms with Crippen molar-refractivity contribution in [2.24, 2.45) is 0 Å². The maximum Gasteiger partial charge on any atom is 0.229 e. The van der Waals surface area contributed by atoms with E-state index >= 15 is 0 Å². The molecule has 0 saturated carbocycles. The topological polar surface area (TPSA) is 97.6 Å². The monoisotopic (exact) mass is 415 g/mol. The third kappa shape index (κ3) is 4.69. The van der Waals surface area contributed by atoms with Crippen LogP contribution in [0.1, 0.15) is 12.5 Å². The van der Waals surface area contributed by atoms with Crippen molar-refractivity contribution in [3.05, 3.63) is 72.7 Å². The molecule has 0 unspecified atom stereocenters. The third-order valence-corrected chi connectivity index (χ3v) is 4.64. The summed E-state index contributed by atoms with van der Waals surface area (Å²) in [5, 5.41) is 5.67. The second-order valence-electron chi connectivity index (χ2n) is 6.98. The highest BCUT2D eigenvalue weighted by atomic mass is 16.5. The van der Waals surface area contributed by atoms with Crippen molar-refractivity contribution in [3.63, 3.8) is 0 Å². The van der Waals surface area contributed by atoms with Crippen LogP contribution in [0, 0.1) is 0 Å². The fraction of sp³-hybridized carbons (Fsp3) is 0.130. The van der Waals surface area contributed by atoms with E-state index in [9.17, 15) is 9.59 Å². The molecular formula is C23H21N5O3. The number of amides is 2. The lowest BCUT2D eigenvalue weighted by atomic mass is 10.1. The van der Waals surface area contributed by atoms with Crippen molar-refractivity contribution in [1.82, 2.24) is 14.4 Å². The minimum atomic E-state index is -0.166. The molecule has 0 aliphatic heterocycles. The number of hydrogen-bond donors (Lipinski definition) is 2. The number of anilines is 2. The average Bonchev–Trinajstić information content (AvgIpc) is 3.15. The minimum Gasteiger partial charge on any atom is -0.497 e. The number of imidazole rings is 1. The zero-order valence-electron chi connectivity index (χ0n) is 17.1. The number of benzene rings is 2. The second kappa shape index (κ2) is 8.66. The predicted octanol–water partition coefficient (Wildman–Crippen LogP) is 3.54. The van der Waals surface area contributed by atoms with Gasteiger partial charge in [0.05, 0.1) is 31.6 Å². The van der Waals surface area contributed by atoms with Gasteiger partial charge in [-0.3, -0.25) is 19.0 Å². The van der Waals surface area contributed by atoms with Gasteiger partial charge in [-0.25, -0.2) is 4.98 Å². The van der Waals surface area contributed by atoms with Crippen LogP contribution in [0.2, 0.25) is 0 Å². The van der Waals surface area contributed by atoms with Crippen LogP contribution in [0.15, 0.2) is 67.1 Å². The molecule has 2 aromatic heterocycles. The summed E-state index contributed by atoms with van der Waals surface area (Å²) in [4.78, 5) is 32.7. The molecule has 0 aliphatic carbocycles. The number of nitrogens with zero attached hydrogens (tertiary/aromatic N) is 3. The summed E-state index contributed by atoms with van der Waals surface area (Å²) in [5.74, 6) is 0.944. The molecule has 8 heteroatoms. The molecule has 0 aliphatic rings. The Morgan fingerprint density at radius 2 is 1.87 bits per heavy atom. The molecular weight excluding hydrogens is 394 g/mol. The summed E-state index contributed by atoms with van der Waals surface area (Å²) in [6.07, 6.45) is 5.24. The molecule has 2 heterocycles. The van der Waals surface area contributed by atoms with Gasteiger partial charge in [-0.05, 0) is 29.8 Å². The van der Waals surface area contributed by atoms with Gasteiger partial charge in [-0.15, -0.1) is 0 Å². The van der Waals surface area contributed by atoms with Crippen molar-refractivity contribution in [1.29, 1.82) is 0 Å². The van der Waals surface area contributed by atoms with Gasteiger partial charge in [-0.1, -0.05) is 24.3 Å². The Hall–Kier alpha value is -4.20. The van der Waals surface area contributed by atoms with Crippen molar-refractivity contribution in [3.8, 4) is 17.0 Å². The van der Waals surface area contributed by atoms with Gasteiger partial charge in [0.1, 0.15) is 11.6 Å². The Morgan fingerprint density at radius 3 is 2.68 bits per heavy atom. The predicted molar refractivity (Wildman–Crippen MR) is 118 cm³/mol. The third-order valence-electron chi connectivity index (χ3n) is 4.64. The molecule has 0 bridgehead atoms. The van der Waals surface area contributed by atoms with Crippen LogP contribution < -0.4 is 15.4 Å². The van der Waals surface area contributed by atoms with E-state index in [2.05, 4.69) is 20.6 Å². The molecule has 0 fully saturated rings. The van der Waals surface area contributed by atoms with Crippen molar-refractivity contribution >= 4 is 29.0 Å². The molecule has 0 atom stereocenters. The fourth-order valence-electron chi connectivity index (χ4n) is 3.25. The number of carbonyl (C=O) groups is 2. The first kappa shape index (κ1) is 20.1. The van der Waals surface area contributed by atoms with Crippen LogP contribution in [0.4, 0.5) is 11.5 Å².